The third-order valence-electron chi connectivity index (χ3n) is 3.98. The van der Waals surface area contributed by atoms with E-state index in [4.69, 9.17) is 4.74 Å². The number of fused-ring (bicyclic) bond motifs is 1. The van der Waals surface area contributed by atoms with Gasteiger partial charge in [0.2, 0.25) is 0 Å². The van der Waals surface area contributed by atoms with Crippen molar-refractivity contribution in [3.05, 3.63) is 59.8 Å². The summed E-state index contributed by atoms with van der Waals surface area (Å²) in [6.07, 6.45) is 0. The second-order valence-electron chi connectivity index (χ2n) is 5.88. The molecule has 2 N–H and O–H groups in total. The van der Waals surface area contributed by atoms with Crippen molar-refractivity contribution >= 4 is 22.5 Å². The van der Waals surface area contributed by atoms with Crippen molar-refractivity contribution in [1.29, 1.82) is 0 Å². The van der Waals surface area contributed by atoms with Crippen molar-refractivity contribution in [2.24, 2.45) is 0 Å². The zero-order valence-electron chi connectivity index (χ0n) is 14.1. The van der Waals surface area contributed by atoms with Crippen LogP contribution in [0, 0.1) is 0 Å². The van der Waals surface area contributed by atoms with E-state index in [2.05, 4.69) is 10.3 Å². The normalized spacial score (nSPS) is 10.6. The van der Waals surface area contributed by atoms with E-state index in [1.807, 2.05) is 67.5 Å². The van der Waals surface area contributed by atoms with E-state index in [0.29, 0.717) is 12.2 Å². The Morgan fingerprint density at radius 2 is 1.88 bits per heavy atom. The van der Waals surface area contributed by atoms with Gasteiger partial charge in [0.25, 0.3) is 5.91 Å². The van der Waals surface area contributed by atoms with E-state index in [1.165, 1.54) is 0 Å². The van der Waals surface area contributed by atoms with Crippen molar-refractivity contribution < 1.29 is 9.53 Å². The van der Waals surface area contributed by atoms with Crippen molar-refractivity contribution in [2.45, 2.75) is 6.54 Å². The number of benzene rings is 2. The van der Waals surface area contributed by atoms with Crippen LogP contribution in [0.5, 0.6) is 5.75 Å². The highest BCUT2D eigenvalue weighted by Crippen LogP contribution is 2.21. The standard InChI is InChI=1S/C19H21N3O2/c1-22(2)15-7-4-13(5-8-15)12-20-19(23)18-10-14-6-9-16(24-3)11-17(14)21-18/h4-11,21H,12H2,1-3H3,(H,20,23). The average molecular weight is 323 g/mol. The molecule has 5 nitrogen and oxygen atoms in total. The summed E-state index contributed by atoms with van der Waals surface area (Å²) in [5, 5.41) is 3.92. The number of rotatable bonds is 5. The van der Waals surface area contributed by atoms with E-state index in [9.17, 15) is 4.79 Å². The van der Waals surface area contributed by atoms with Crippen LogP contribution < -0.4 is 15.0 Å². The lowest BCUT2D eigenvalue weighted by Crippen LogP contribution is -2.23. The minimum absolute atomic E-state index is 0.123. The summed E-state index contributed by atoms with van der Waals surface area (Å²) in [4.78, 5) is 17.5. The van der Waals surface area contributed by atoms with Gasteiger partial charge in [0, 0.05) is 43.3 Å². The summed E-state index contributed by atoms with van der Waals surface area (Å²) in [5.74, 6) is 0.638. The lowest BCUT2D eigenvalue weighted by molar-refractivity contribution is 0.0947. The number of ether oxygens (including phenoxy) is 1. The third-order valence-corrected chi connectivity index (χ3v) is 3.98. The Morgan fingerprint density at radius 3 is 2.54 bits per heavy atom. The molecule has 124 valence electrons. The average Bonchev–Trinajstić information content (AvgIpc) is 3.03. The summed E-state index contributed by atoms with van der Waals surface area (Å²) >= 11 is 0. The number of anilines is 1. The van der Waals surface area contributed by atoms with Crippen LogP contribution in [0.3, 0.4) is 0 Å². The fraction of sp³-hybridized carbons (Fsp3) is 0.211. The predicted molar refractivity (Wildman–Crippen MR) is 96.8 cm³/mol. The van der Waals surface area contributed by atoms with Crippen molar-refractivity contribution in [3.8, 4) is 5.75 Å². The quantitative estimate of drug-likeness (QED) is 0.758. The summed E-state index contributed by atoms with van der Waals surface area (Å²) in [7, 11) is 5.63. The Hall–Kier alpha value is -2.95. The molecule has 0 aliphatic rings. The van der Waals surface area contributed by atoms with Gasteiger partial charge in [-0.1, -0.05) is 12.1 Å². The van der Waals surface area contributed by atoms with Gasteiger partial charge >= 0.3 is 0 Å². The molecular weight excluding hydrogens is 302 g/mol. The maximum atomic E-state index is 12.3. The third kappa shape index (κ3) is 3.35. The molecule has 1 aromatic heterocycles. The van der Waals surface area contributed by atoms with Crippen LogP contribution in [-0.4, -0.2) is 32.1 Å². The van der Waals surface area contributed by atoms with E-state index in [0.717, 1.165) is 27.9 Å². The second-order valence-corrected chi connectivity index (χ2v) is 5.88. The first-order chi connectivity index (χ1) is 11.6. The fourth-order valence-corrected chi connectivity index (χ4v) is 2.54. The van der Waals surface area contributed by atoms with Gasteiger partial charge in [-0.05, 0) is 35.9 Å². The van der Waals surface area contributed by atoms with Gasteiger partial charge in [0.15, 0.2) is 0 Å². The molecule has 0 unspecified atom stereocenters. The molecule has 0 bridgehead atoms. The molecule has 0 saturated carbocycles. The highest BCUT2D eigenvalue weighted by atomic mass is 16.5. The van der Waals surface area contributed by atoms with Gasteiger partial charge in [0.05, 0.1) is 7.11 Å². The monoisotopic (exact) mass is 323 g/mol. The van der Waals surface area contributed by atoms with Crippen LogP contribution in [0.15, 0.2) is 48.5 Å². The van der Waals surface area contributed by atoms with Crippen molar-refractivity contribution in [2.75, 3.05) is 26.1 Å². The number of amides is 1. The lowest BCUT2D eigenvalue weighted by atomic mass is 10.2. The number of H-pyrrole nitrogens is 1. The molecule has 0 atom stereocenters. The topological polar surface area (TPSA) is 57.4 Å². The van der Waals surface area contributed by atoms with Gasteiger partial charge in [-0.3, -0.25) is 4.79 Å². The smallest absolute Gasteiger partial charge is 0.267 e. The largest absolute Gasteiger partial charge is 0.497 e. The highest BCUT2D eigenvalue weighted by molar-refractivity contribution is 5.98. The van der Waals surface area contributed by atoms with Gasteiger partial charge in [-0.25, -0.2) is 0 Å². The van der Waals surface area contributed by atoms with E-state index in [1.54, 1.807) is 7.11 Å². The van der Waals surface area contributed by atoms with Crippen LogP contribution in [0.4, 0.5) is 5.69 Å². The molecule has 0 aliphatic heterocycles. The van der Waals surface area contributed by atoms with Gasteiger partial charge in [-0.15, -0.1) is 0 Å². The van der Waals surface area contributed by atoms with E-state index >= 15 is 0 Å². The molecular formula is C19H21N3O2. The summed E-state index contributed by atoms with van der Waals surface area (Å²) in [6.45, 7) is 0.491. The Balaban J connectivity index is 1.68. The van der Waals surface area contributed by atoms with Crippen LogP contribution >= 0.6 is 0 Å². The van der Waals surface area contributed by atoms with Crippen molar-refractivity contribution in [3.63, 3.8) is 0 Å². The van der Waals surface area contributed by atoms with Crippen LogP contribution in [-0.2, 0) is 6.54 Å². The Bertz CT molecular complexity index is 851. The van der Waals surface area contributed by atoms with Crippen molar-refractivity contribution in [1.82, 2.24) is 10.3 Å². The Kier molecular flexibility index (Phi) is 4.42. The Morgan fingerprint density at radius 1 is 1.12 bits per heavy atom. The number of aromatic nitrogens is 1. The summed E-state index contributed by atoms with van der Waals surface area (Å²) < 4.78 is 5.20. The molecule has 0 fully saturated rings. The SMILES string of the molecule is COc1ccc2cc(C(=O)NCc3ccc(N(C)C)cc3)[nH]c2c1. The second kappa shape index (κ2) is 6.66. The minimum Gasteiger partial charge on any atom is -0.497 e. The number of hydrogen-bond donors (Lipinski definition) is 2. The van der Waals surface area contributed by atoms with E-state index < -0.39 is 0 Å². The van der Waals surface area contributed by atoms with Crippen LogP contribution in [0.1, 0.15) is 16.1 Å². The molecule has 0 saturated heterocycles. The molecule has 0 spiro atoms. The molecule has 0 radical (unpaired) electrons. The lowest BCUT2D eigenvalue weighted by Gasteiger charge is -2.12. The molecule has 2 aromatic carbocycles. The first-order valence-corrected chi connectivity index (χ1v) is 7.78. The molecule has 1 amide bonds. The number of carbonyl (C=O) groups excluding carboxylic acids is 1. The van der Waals surface area contributed by atoms with Gasteiger partial charge < -0.3 is 19.9 Å². The van der Waals surface area contributed by atoms with Gasteiger partial charge in [-0.2, -0.15) is 0 Å². The van der Waals surface area contributed by atoms with Gasteiger partial charge in [0.1, 0.15) is 11.4 Å². The van der Waals surface area contributed by atoms with Crippen LogP contribution in [0.25, 0.3) is 10.9 Å². The number of nitrogens with one attached hydrogen (secondary N) is 2. The first kappa shape index (κ1) is 15.9. The Labute approximate surface area is 141 Å². The maximum Gasteiger partial charge on any atom is 0.267 e. The highest BCUT2D eigenvalue weighted by Gasteiger charge is 2.10. The summed E-state index contributed by atoms with van der Waals surface area (Å²) in [6, 6.07) is 15.7. The fourth-order valence-electron chi connectivity index (χ4n) is 2.54. The number of carbonyl (C=O) groups is 1. The first-order valence-electron chi connectivity index (χ1n) is 7.78. The number of methoxy groups -OCH3 is 1. The zero-order chi connectivity index (χ0) is 17.1. The number of hydrogen-bond acceptors (Lipinski definition) is 3. The molecule has 24 heavy (non-hydrogen) atoms. The molecule has 3 rings (SSSR count). The molecule has 5 heteroatoms. The summed E-state index contributed by atoms with van der Waals surface area (Å²) in [5.41, 5.74) is 3.62. The minimum atomic E-state index is -0.123. The predicted octanol–water partition coefficient (Wildman–Crippen LogP) is 3.17. The zero-order valence-corrected chi connectivity index (χ0v) is 14.1. The molecule has 0 aliphatic carbocycles. The molecule has 3 aromatic rings. The number of nitrogens with zero attached hydrogens (tertiary/aromatic N) is 1. The molecule has 1 heterocycles. The number of aromatic amines is 1. The van der Waals surface area contributed by atoms with Crippen LogP contribution in [0.2, 0.25) is 0 Å². The maximum absolute atomic E-state index is 12.3. The van der Waals surface area contributed by atoms with E-state index in [-0.39, 0.29) is 5.91 Å².